The summed E-state index contributed by atoms with van der Waals surface area (Å²) in [6, 6.07) is 14.9. The summed E-state index contributed by atoms with van der Waals surface area (Å²) in [4.78, 5) is 46.9. The van der Waals surface area contributed by atoms with Crippen LogP contribution in [0.4, 0.5) is 5.69 Å². The molecular weight excluding hydrogens is 394 g/mol. The third kappa shape index (κ3) is 4.00. The number of amides is 1. The summed E-state index contributed by atoms with van der Waals surface area (Å²) in [5, 5.41) is 2.86. The van der Waals surface area contributed by atoms with Gasteiger partial charge in [-0.3, -0.25) is 18.7 Å². The zero-order chi connectivity index (χ0) is 22.1. The molecule has 8 heteroatoms. The van der Waals surface area contributed by atoms with Crippen LogP contribution in [0.5, 0.6) is 0 Å². The molecule has 31 heavy (non-hydrogen) atoms. The zero-order valence-electron chi connectivity index (χ0n) is 17.4. The van der Waals surface area contributed by atoms with E-state index in [0.717, 1.165) is 21.3 Å². The Kier molecular flexibility index (Phi) is 5.21. The molecule has 2 heterocycles. The summed E-state index contributed by atoms with van der Waals surface area (Å²) < 4.78 is 2.15. The van der Waals surface area contributed by atoms with Gasteiger partial charge in [-0.25, -0.2) is 14.8 Å². The van der Waals surface area contributed by atoms with Crippen LogP contribution in [-0.4, -0.2) is 25.0 Å². The normalized spacial score (nSPS) is 10.9. The van der Waals surface area contributed by atoms with Crippen LogP contribution in [0.25, 0.3) is 22.4 Å². The molecule has 156 valence electrons. The van der Waals surface area contributed by atoms with E-state index in [9.17, 15) is 14.4 Å². The van der Waals surface area contributed by atoms with Gasteiger partial charge in [0.15, 0.2) is 11.5 Å². The van der Waals surface area contributed by atoms with Crippen molar-refractivity contribution in [3.05, 3.63) is 86.7 Å². The van der Waals surface area contributed by atoms with Crippen LogP contribution in [0.3, 0.4) is 0 Å². The molecule has 1 N–H and O–H groups in total. The van der Waals surface area contributed by atoms with Gasteiger partial charge in [0, 0.05) is 24.5 Å². The van der Waals surface area contributed by atoms with Gasteiger partial charge in [0.1, 0.15) is 11.9 Å². The highest BCUT2D eigenvalue weighted by Crippen LogP contribution is 2.17. The molecule has 0 unspecified atom stereocenters. The topological polar surface area (TPSA) is 98.9 Å². The fourth-order valence-electron chi connectivity index (χ4n) is 3.25. The molecular formula is C23H21N5O3. The molecule has 1 amide bonds. The Labute approximate surface area is 177 Å². The highest BCUT2D eigenvalue weighted by Gasteiger charge is 2.16. The SMILES string of the molecule is Cc1ccc(NC(=O)Cn2c(=O)c3cnc(-c4ccc(C)cc4)nc3n(C)c2=O)cc1. The number of nitrogens with zero attached hydrogens (tertiary/aromatic N) is 4. The van der Waals surface area contributed by atoms with Crippen LogP contribution in [0.2, 0.25) is 0 Å². The Morgan fingerprint density at radius 1 is 0.968 bits per heavy atom. The second-order valence-corrected chi connectivity index (χ2v) is 7.44. The van der Waals surface area contributed by atoms with Gasteiger partial charge in [-0.1, -0.05) is 47.5 Å². The van der Waals surface area contributed by atoms with Crippen molar-refractivity contribution in [3.8, 4) is 11.4 Å². The molecule has 4 rings (SSSR count). The largest absolute Gasteiger partial charge is 0.332 e. The van der Waals surface area contributed by atoms with E-state index >= 15 is 0 Å². The van der Waals surface area contributed by atoms with E-state index in [4.69, 9.17) is 0 Å². The molecule has 0 saturated heterocycles. The number of rotatable bonds is 4. The zero-order valence-corrected chi connectivity index (χ0v) is 17.4. The first-order chi connectivity index (χ1) is 14.8. The quantitative estimate of drug-likeness (QED) is 0.552. The van der Waals surface area contributed by atoms with Gasteiger partial charge >= 0.3 is 5.69 Å². The molecule has 8 nitrogen and oxygen atoms in total. The molecule has 0 atom stereocenters. The highest BCUT2D eigenvalue weighted by molar-refractivity contribution is 5.90. The van der Waals surface area contributed by atoms with Gasteiger partial charge in [-0.2, -0.15) is 0 Å². The van der Waals surface area contributed by atoms with E-state index in [2.05, 4.69) is 15.3 Å². The molecule has 0 aliphatic carbocycles. The molecule has 0 saturated carbocycles. The predicted molar refractivity (Wildman–Crippen MR) is 119 cm³/mol. The molecule has 0 spiro atoms. The summed E-state index contributed by atoms with van der Waals surface area (Å²) in [5.74, 6) is -0.0589. The van der Waals surface area contributed by atoms with Crippen LogP contribution >= 0.6 is 0 Å². The second-order valence-electron chi connectivity index (χ2n) is 7.44. The summed E-state index contributed by atoms with van der Waals surface area (Å²) in [7, 11) is 1.52. The predicted octanol–water partition coefficient (Wildman–Crippen LogP) is 2.41. The van der Waals surface area contributed by atoms with E-state index < -0.39 is 23.7 Å². The lowest BCUT2D eigenvalue weighted by molar-refractivity contribution is -0.116. The van der Waals surface area contributed by atoms with Gasteiger partial charge < -0.3 is 5.32 Å². The van der Waals surface area contributed by atoms with Crippen molar-refractivity contribution in [2.24, 2.45) is 7.05 Å². The minimum Gasteiger partial charge on any atom is -0.325 e. The molecule has 0 aliphatic rings. The molecule has 4 aromatic rings. The van der Waals surface area contributed by atoms with Crippen molar-refractivity contribution in [2.75, 3.05) is 5.32 Å². The van der Waals surface area contributed by atoms with Crippen molar-refractivity contribution < 1.29 is 4.79 Å². The van der Waals surface area contributed by atoms with E-state index in [1.165, 1.54) is 17.8 Å². The fourth-order valence-corrected chi connectivity index (χ4v) is 3.25. The third-order valence-electron chi connectivity index (χ3n) is 5.03. The number of hydrogen-bond donors (Lipinski definition) is 1. The van der Waals surface area contributed by atoms with Gasteiger partial charge in [0.2, 0.25) is 5.91 Å². The smallest absolute Gasteiger partial charge is 0.325 e. The van der Waals surface area contributed by atoms with Gasteiger partial charge in [0.25, 0.3) is 5.56 Å². The average Bonchev–Trinajstić information content (AvgIpc) is 2.77. The van der Waals surface area contributed by atoms with Gasteiger partial charge in [-0.05, 0) is 26.0 Å². The number of hydrogen-bond acceptors (Lipinski definition) is 5. The maximum atomic E-state index is 12.9. The van der Waals surface area contributed by atoms with Crippen LogP contribution in [0.1, 0.15) is 11.1 Å². The van der Waals surface area contributed by atoms with E-state index in [0.29, 0.717) is 11.5 Å². The number of carbonyl (C=O) groups excluding carboxylic acids is 1. The molecule has 0 aliphatic heterocycles. The number of aromatic nitrogens is 4. The number of carbonyl (C=O) groups is 1. The lowest BCUT2D eigenvalue weighted by atomic mass is 10.1. The lowest BCUT2D eigenvalue weighted by Gasteiger charge is -2.11. The first-order valence-electron chi connectivity index (χ1n) is 9.73. The Hall–Kier alpha value is -4.07. The van der Waals surface area contributed by atoms with Crippen molar-refractivity contribution in [3.63, 3.8) is 0 Å². The minimum atomic E-state index is -0.620. The summed E-state index contributed by atoms with van der Waals surface area (Å²) in [6.45, 7) is 3.51. The van der Waals surface area contributed by atoms with Crippen LogP contribution in [0, 0.1) is 13.8 Å². The summed E-state index contributed by atoms with van der Waals surface area (Å²) in [5.41, 5.74) is 2.52. The maximum Gasteiger partial charge on any atom is 0.332 e. The summed E-state index contributed by atoms with van der Waals surface area (Å²) >= 11 is 0. The highest BCUT2D eigenvalue weighted by atomic mass is 16.2. The second kappa shape index (κ2) is 7.98. The van der Waals surface area contributed by atoms with E-state index in [-0.39, 0.29) is 11.0 Å². The Morgan fingerprint density at radius 3 is 2.23 bits per heavy atom. The minimum absolute atomic E-state index is 0.168. The van der Waals surface area contributed by atoms with E-state index in [1.807, 2.05) is 50.2 Å². The fraction of sp³-hybridized carbons (Fsp3) is 0.174. The van der Waals surface area contributed by atoms with Crippen LogP contribution < -0.4 is 16.6 Å². The Morgan fingerprint density at radius 2 is 1.58 bits per heavy atom. The molecule has 0 bridgehead atoms. The van der Waals surface area contributed by atoms with Crippen molar-refractivity contribution in [1.82, 2.24) is 19.1 Å². The lowest BCUT2D eigenvalue weighted by Crippen LogP contribution is -2.42. The first kappa shape index (κ1) is 20.2. The number of fused-ring (bicyclic) bond motifs is 1. The first-order valence-corrected chi connectivity index (χ1v) is 9.73. The molecule has 2 aromatic heterocycles. The Balaban J connectivity index is 1.70. The number of benzene rings is 2. The molecule has 2 aromatic carbocycles. The average molecular weight is 415 g/mol. The molecule has 0 fully saturated rings. The standard InChI is InChI=1S/C23H21N5O3/c1-14-4-8-16(9-5-14)20-24-12-18-21(26-20)27(3)23(31)28(22(18)30)13-19(29)25-17-10-6-15(2)7-11-17/h4-12H,13H2,1-3H3,(H,25,29). The van der Waals surface area contributed by atoms with Crippen LogP contribution in [-0.2, 0) is 18.4 Å². The monoisotopic (exact) mass is 415 g/mol. The van der Waals surface area contributed by atoms with Crippen LogP contribution in [0.15, 0.2) is 64.3 Å². The number of nitrogens with one attached hydrogen (secondary N) is 1. The van der Waals surface area contributed by atoms with Gasteiger partial charge in [-0.15, -0.1) is 0 Å². The van der Waals surface area contributed by atoms with Crippen molar-refractivity contribution in [2.45, 2.75) is 20.4 Å². The number of anilines is 1. The third-order valence-corrected chi connectivity index (χ3v) is 5.03. The van der Waals surface area contributed by atoms with Gasteiger partial charge in [0.05, 0.1) is 0 Å². The number of aryl methyl sites for hydroxylation is 3. The summed E-state index contributed by atoms with van der Waals surface area (Å²) in [6.07, 6.45) is 1.40. The Bertz CT molecular complexity index is 1400. The van der Waals surface area contributed by atoms with Crippen molar-refractivity contribution >= 4 is 22.6 Å². The van der Waals surface area contributed by atoms with E-state index in [1.54, 1.807) is 12.1 Å². The van der Waals surface area contributed by atoms with Crippen molar-refractivity contribution in [1.29, 1.82) is 0 Å². The molecule has 0 radical (unpaired) electrons. The maximum absolute atomic E-state index is 12.9.